The number of hydrogen-bond acceptors (Lipinski definition) is 6. The van der Waals surface area contributed by atoms with Crippen molar-refractivity contribution in [3.63, 3.8) is 0 Å². The molecule has 6 nitrogen and oxygen atoms in total. The molecule has 0 aliphatic rings. The number of nitrogens with one attached hydrogen (secondary N) is 1. The first-order chi connectivity index (χ1) is 9.75. The van der Waals surface area contributed by atoms with Gasteiger partial charge in [-0.1, -0.05) is 6.07 Å². The fourth-order valence-electron chi connectivity index (χ4n) is 1.55. The molecule has 21 heavy (non-hydrogen) atoms. The average molecular weight is 298 g/mol. The first kappa shape index (κ1) is 14.9. The van der Waals surface area contributed by atoms with Crippen LogP contribution in [0.25, 0.3) is 11.5 Å². The van der Waals surface area contributed by atoms with Crippen molar-refractivity contribution in [3.8, 4) is 11.5 Å². The molecule has 2 aromatic rings. The molecule has 0 aromatic carbocycles. The summed E-state index contributed by atoms with van der Waals surface area (Å²) in [6, 6.07) is 3.53. The molecule has 3 N–H and O–H groups in total. The van der Waals surface area contributed by atoms with Crippen molar-refractivity contribution in [2.24, 2.45) is 0 Å². The van der Waals surface area contributed by atoms with Crippen molar-refractivity contribution >= 4 is 11.9 Å². The highest BCUT2D eigenvalue weighted by atomic mass is 19.4. The van der Waals surface area contributed by atoms with Crippen LogP contribution in [0.15, 0.2) is 18.2 Å². The molecule has 0 radical (unpaired) electrons. The second kappa shape index (κ2) is 5.51. The fraction of sp³-hybridized carbons (Fsp3) is 0.333. The Morgan fingerprint density at radius 2 is 1.81 bits per heavy atom. The summed E-state index contributed by atoms with van der Waals surface area (Å²) < 4.78 is 38.0. The molecule has 0 saturated heterocycles. The second-order valence-electron chi connectivity index (χ2n) is 4.55. The van der Waals surface area contributed by atoms with Crippen LogP contribution in [-0.4, -0.2) is 26.0 Å². The predicted octanol–water partition coefficient (Wildman–Crippen LogP) is 2.35. The van der Waals surface area contributed by atoms with Crippen LogP contribution in [-0.2, 0) is 6.18 Å². The van der Waals surface area contributed by atoms with E-state index in [1.54, 1.807) is 0 Å². The number of aromatic nitrogens is 4. The van der Waals surface area contributed by atoms with Crippen LogP contribution < -0.4 is 11.1 Å². The standard InChI is InChI=1S/C12H13F3N6/c1-6(2)17-11-20-9(19-10(16)21-11)7-4-3-5-8(18-7)12(13,14)15/h3-6H,1-2H3,(H3,16,17,19,20,21). The van der Waals surface area contributed by atoms with E-state index in [0.717, 1.165) is 6.07 Å². The summed E-state index contributed by atoms with van der Waals surface area (Å²) in [6.07, 6.45) is -4.53. The van der Waals surface area contributed by atoms with Crippen LogP contribution >= 0.6 is 0 Å². The van der Waals surface area contributed by atoms with E-state index in [-0.39, 0.29) is 29.5 Å². The minimum Gasteiger partial charge on any atom is -0.368 e. The Bertz CT molecular complexity index is 641. The smallest absolute Gasteiger partial charge is 0.368 e. The molecular weight excluding hydrogens is 285 g/mol. The Kier molecular flexibility index (Phi) is 3.92. The Morgan fingerprint density at radius 3 is 2.43 bits per heavy atom. The number of pyridine rings is 1. The van der Waals surface area contributed by atoms with E-state index < -0.39 is 11.9 Å². The molecule has 2 heterocycles. The second-order valence-corrected chi connectivity index (χ2v) is 4.55. The summed E-state index contributed by atoms with van der Waals surface area (Å²) in [5, 5.41) is 2.91. The van der Waals surface area contributed by atoms with Crippen molar-refractivity contribution in [2.45, 2.75) is 26.1 Å². The van der Waals surface area contributed by atoms with Crippen LogP contribution in [0.5, 0.6) is 0 Å². The number of nitrogen functional groups attached to an aromatic ring is 1. The van der Waals surface area contributed by atoms with Gasteiger partial charge in [-0.05, 0) is 26.0 Å². The van der Waals surface area contributed by atoms with Gasteiger partial charge in [-0.25, -0.2) is 4.98 Å². The van der Waals surface area contributed by atoms with Crippen molar-refractivity contribution in [1.82, 2.24) is 19.9 Å². The molecular formula is C12H13F3N6. The third-order valence-corrected chi connectivity index (χ3v) is 2.34. The maximum absolute atomic E-state index is 12.7. The largest absolute Gasteiger partial charge is 0.433 e. The highest BCUT2D eigenvalue weighted by Gasteiger charge is 2.32. The topological polar surface area (TPSA) is 89.6 Å². The Balaban J connectivity index is 2.44. The minimum atomic E-state index is -4.53. The minimum absolute atomic E-state index is 0.0169. The van der Waals surface area contributed by atoms with Gasteiger partial charge in [0, 0.05) is 6.04 Å². The van der Waals surface area contributed by atoms with Crippen LogP contribution in [0, 0.1) is 0 Å². The van der Waals surface area contributed by atoms with Gasteiger partial charge in [-0.2, -0.15) is 28.1 Å². The lowest BCUT2D eigenvalue weighted by Gasteiger charge is -2.10. The Labute approximate surface area is 118 Å². The summed E-state index contributed by atoms with van der Waals surface area (Å²) in [5.41, 5.74) is 4.51. The third-order valence-electron chi connectivity index (χ3n) is 2.34. The maximum Gasteiger partial charge on any atom is 0.433 e. The molecule has 0 spiro atoms. The molecule has 0 saturated carbocycles. The van der Waals surface area contributed by atoms with E-state index >= 15 is 0 Å². The average Bonchev–Trinajstić information content (AvgIpc) is 2.36. The highest BCUT2D eigenvalue weighted by molar-refractivity contribution is 5.53. The van der Waals surface area contributed by atoms with E-state index in [2.05, 4.69) is 25.3 Å². The quantitative estimate of drug-likeness (QED) is 0.904. The van der Waals surface area contributed by atoms with Gasteiger partial charge < -0.3 is 11.1 Å². The Hall–Kier alpha value is -2.45. The number of rotatable bonds is 3. The lowest BCUT2D eigenvalue weighted by Crippen LogP contribution is -2.15. The van der Waals surface area contributed by atoms with Crippen LogP contribution in [0.1, 0.15) is 19.5 Å². The van der Waals surface area contributed by atoms with Crippen molar-refractivity contribution < 1.29 is 13.2 Å². The predicted molar refractivity (Wildman–Crippen MR) is 71.2 cm³/mol. The number of nitrogens with two attached hydrogens (primary N) is 1. The van der Waals surface area contributed by atoms with Crippen molar-refractivity contribution in [3.05, 3.63) is 23.9 Å². The molecule has 0 unspecified atom stereocenters. The van der Waals surface area contributed by atoms with Crippen LogP contribution in [0.3, 0.4) is 0 Å². The zero-order valence-corrected chi connectivity index (χ0v) is 11.3. The van der Waals surface area contributed by atoms with Crippen molar-refractivity contribution in [2.75, 3.05) is 11.1 Å². The normalized spacial score (nSPS) is 11.7. The molecule has 0 bridgehead atoms. The molecule has 0 atom stereocenters. The molecule has 0 aliphatic carbocycles. The number of anilines is 2. The van der Waals surface area contributed by atoms with E-state index in [0.29, 0.717) is 0 Å². The van der Waals surface area contributed by atoms with Gasteiger partial charge in [-0.15, -0.1) is 0 Å². The van der Waals surface area contributed by atoms with Crippen LogP contribution in [0.2, 0.25) is 0 Å². The van der Waals surface area contributed by atoms with E-state index in [1.165, 1.54) is 12.1 Å². The van der Waals surface area contributed by atoms with E-state index in [9.17, 15) is 13.2 Å². The molecule has 0 amide bonds. The van der Waals surface area contributed by atoms with E-state index in [1.807, 2.05) is 13.8 Å². The summed E-state index contributed by atoms with van der Waals surface area (Å²) in [7, 11) is 0. The van der Waals surface area contributed by atoms with Gasteiger partial charge in [0.2, 0.25) is 11.9 Å². The maximum atomic E-state index is 12.7. The number of nitrogens with zero attached hydrogens (tertiary/aromatic N) is 4. The molecule has 0 fully saturated rings. The highest BCUT2D eigenvalue weighted by Crippen LogP contribution is 2.28. The lowest BCUT2D eigenvalue weighted by molar-refractivity contribution is -0.141. The fourth-order valence-corrected chi connectivity index (χ4v) is 1.55. The van der Waals surface area contributed by atoms with E-state index in [4.69, 9.17) is 5.73 Å². The summed E-state index contributed by atoms with van der Waals surface area (Å²) in [4.78, 5) is 15.2. The number of alkyl halides is 3. The Morgan fingerprint density at radius 1 is 1.10 bits per heavy atom. The molecule has 0 aliphatic heterocycles. The summed E-state index contributed by atoms with van der Waals surface area (Å²) in [6.45, 7) is 3.73. The van der Waals surface area contributed by atoms with Gasteiger partial charge in [0.1, 0.15) is 11.4 Å². The van der Waals surface area contributed by atoms with Crippen LogP contribution in [0.4, 0.5) is 25.1 Å². The zero-order chi connectivity index (χ0) is 15.6. The third kappa shape index (κ3) is 3.77. The SMILES string of the molecule is CC(C)Nc1nc(N)nc(-c2cccc(C(F)(F)F)n2)n1. The number of hydrogen-bond donors (Lipinski definition) is 2. The van der Waals surface area contributed by atoms with Gasteiger partial charge in [0.25, 0.3) is 0 Å². The first-order valence-corrected chi connectivity index (χ1v) is 6.08. The van der Waals surface area contributed by atoms with Gasteiger partial charge >= 0.3 is 6.18 Å². The molecule has 2 aromatic heterocycles. The van der Waals surface area contributed by atoms with Crippen molar-refractivity contribution in [1.29, 1.82) is 0 Å². The van der Waals surface area contributed by atoms with Gasteiger partial charge in [0.05, 0.1) is 0 Å². The van der Waals surface area contributed by atoms with Gasteiger partial charge in [0.15, 0.2) is 5.82 Å². The monoisotopic (exact) mass is 298 g/mol. The molecule has 9 heteroatoms. The summed E-state index contributed by atoms with van der Waals surface area (Å²) in [5.74, 6) is 0.0748. The van der Waals surface area contributed by atoms with Gasteiger partial charge in [-0.3, -0.25) is 0 Å². The zero-order valence-electron chi connectivity index (χ0n) is 11.3. The molecule has 2 rings (SSSR count). The first-order valence-electron chi connectivity index (χ1n) is 6.08. The summed E-state index contributed by atoms with van der Waals surface area (Å²) >= 11 is 0. The lowest BCUT2D eigenvalue weighted by atomic mass is 10.3. The molecule has 112 valence electrons. The number of halogens is 3.